The van der Waals surface area contributed by atoms with Gasteiger partial charge in [-0.2, -0.15) is 5.26 Å². The number of nitriles is 1. The number of piperidine rings is 1. The number of nitrogens with zero attached hydrogens (tertiary/aromatic N) is 2. The number of allylic oxidation sites excluding steroid dienone is 1. The molecule has 0 saturated carbocycles. The molecule has 0 N–H and O–H groups in total. The van der Waals surface area contributed by atoms with Crippen LogP contribution in [-0.4, -0.2) is 30.8 Å². The molecule has 3 nitrogen and oxygen atoms in total. The van der Waals surface area contributed by atoms with Crippen LogP contribution in [0.5, 0.6) is 0 Å². The van der Waals surface area contributed by atoms with Crippen molar-refractivity contribution in [2.24, 2.45) is 10.8 Å². The van der Waals surface area contributed by atoms with Gasteiger partial charge in [0.1, 0.15) is 6.07 Å². The van der Waals surface area contributed by atoms with E-state index in [4.69, 9.17) is 5.26 Å². The Morgan fingerprint density at radius 2 is 2.18 bits per heavy atom. The molecule has 3 heteroatoms. The maximum atomic E-state index is 12.1. The first-order valence-corrected chi connectivity index (χ1v) is 6.25. The fourth-order valence-electron chi connectivity index (χ4n) is 3.49. The van der Waals surface area contributed by atoms with E-state index in [0.29, 0.717) is 5.57 Å². The van der Waals surface area contributed by atoms with Gasteiger partial charge in [-0.1, -0.05) is 19.9 Å². The highest BCUT2D eigenvalue weighted by Gasteiger charge is 2.46. The van der Waals surface area contributed by atoms with Crippen molar-refractivity contribution in [2.45, 2.75) is 33.1 Å². The van der Waals surface area contributed by atoms with Crippen LogP contribution < -0.4 is 0 Å². The molecule has 1 saturated heterocycles. The smallest absolute Gasteiger partial charge is 0.178 e. The van der Waals surface area contributed by atoms with Crippen LogP contribution in [0.3, 0.4) is 0 Å². The van der Waals surface area contributed by atoms with E-state index in [0.717, 1.165) is 32.4 Å². The highest BCUT2D eigenvalue weighted by Crippen LogP contribution is 2.47. The maximum absolute atomic E-state index is 12.1. The first kappa shape index (κ1) is 12.3. The second kappa shape index (κ2) is 3.96. The number of Topliss-reactive ketones (excluding diaryl/α,β-unsaturated/α-hetero) is 1. The second-order valence-corrected chi connectivity index (χ2v) is 6.26. The highest BCUT2D eigenvalue weighted by molar-refractivity contribution is 6.03. The van der Waals surface area contributed by atoms with Crippen LogP contribution in [0, 0.1) is 22.2 Å². The van der Waals surface area contributed by atoms with Crippen molar-refractivity contribution in [1.29, 1.82) is 5.26 Å². The molecule has 1 heterocycles. The molecule has 1 unspecified atom stereocenters. The molecule has 0 aromatic heterocycles. The Kier molecular flexibility index (Phi) is 2.87. The highest BCUT2D eigenvalue weighted by atomic mass is 16.1. The number of likely N-dealkylation sites (tertiary alicyclic amines) is 1. The van der Waals surface area contributed by atoms with Crippen molar-refractivity contribution >= 4 is 5.78 Å². The van der Waals surface area contributed by atoms with E-state index in [1.807, 2.05) is 19.9 Å². The van der Waals surface area contributed by atoms with Gasteiger partial charge in [-0.05, 0) is 32.9 Å². The van der Waals surface area contributed by atoms with E-state index in [9.17, 15) is 4.79 Å². The third kappa shape index (κ3) is 2.14. The average molecular weight is 232 g/mol. The summed E-state index contributed by atoms with van der Waals surface area (Å²) in [4.78, 5) is 14.4. The minimum Gasteiger partial charge on any atom is -0.306 e. The quantitative estimate of drug-likeness (QED) is 0.642. The number of rotatable bonds is 0. The lowest BCUT2D eigenvalue weighted by molar-refractivity contribution is -0.126. The standard InChI is InChI=1S/C14H20N2O/c1-13(2)9-14(5-4-6-16(3)10-14)7-11(8-15)12(13)17/h7H,4-6,9-10H2,1-3H3. The van der Waals surface area contributed by atoms with E-state index in [2.05, 4.69) is 18.0 Å². The van der Waals surface area contributed by atoms with Gasteiger partial charge in [0.15, 0.2) is 5.78 Å². The molecule has 92 valence electrons. The fraction of sp³-hybridized carbons (Fsp3) is 0.714. The van der Waals surface area contributed by atoms with Gasteiger partial charge in [-0.3, -0.25) is 4.79 Å². The summed E-state index contributed by atoms with van der Waals surface area (Å²) in [5.41, 5.74) is 0.0181. The van der Waals surface area contributed by atoms with E-state index in [1.165, 1.54) is 0 Å². The summed E-state index contributed by atoms with van der Waals surface area (Å²) in [6, 6.07) is 2.09. The minimum absolute atomic E-state index is 0.0128. The zero-order valence-electron chi connectivity index (χ0n) is 10.9. The largest absolute Gasteiger partial charge is 0.306 e. The number of carbonyl (C=O) groups is 1. The molecule has 17 heavy (non-hydrogen) atoms. The van der Waals surface area contributed by atoms with Gasteiger partial charge in [0.05, 0.1) is 5.57 Å². The Hall–Kier alpha value is -1.14. The summed E-state index contributed by atoms with van der Waals surface area (Å²) in [7, 11) is 2.12. The topological polar surface area (TPSA) is 44.1 Å². The fourth-order valence-corrected chi connectivity index (χ4v) is 3.49. The van der Waals surface area contributed by atoms with Crippen LogP contribution in [0.1, 0.15) is 33.1 Å². The van der Waals surface area contributed by atoms with E-state index < -0.39 is 5.41 Å². The molecular weight excluding hydrogens is 212 g/mol. The summed E-state index contributed by atoms with van der Waals surface area (Å²) < 4.78 is 0. The lowest BCUT2D eigenvalue weighted by Gasteiger charge is -2.46. The van der Waals surface area contributed by atoms with Gasteiger partial charge in [0, 0.05) is 17.4 Å². The monoisotopic (exact) mass is 232 g/mol. The number of hydrogen-bond acceptors (Lipinski definition) is 3. The van der Waals surface area contributed by atoms with Crippen LogP contribution in [0.2, 0.25) is 0 Å². The molecule has 2 rings (SSSR count). The Bertz CT molecular complexity index is 416. The van der Waals surface area contributed by atoms with Crippen molar-refractivity contribution < 1.29 is 4.79 Å². The third-order valence-electron chi connectivity index (χ3n) is 4.02. The summed E-state index contributed by atoms with van der Waals surface area (Å²) in [5.74, 6) is 0.0128. The van der Waals surface area contributed by atoms with Gasteiger partial charge in [-0.25, -0.2) is 0 Å². The number of carbonyl (C=O) groups excluding carboxylic acids is 1. The normalized spacial score (nSPS) is 33.3. The second-order valence-electron chi connectivity index (χ2n) is 6.26. The molecule has 0 aromatic rings. The van der Waals surface area contributed by atoms with Crippen molar-refractivity contribution in [3.05, 3.63) is 11.6 Å². The molecule has 0 radical (unpaired) electrons. The molecule has 0 bridgehead atoms. The van der Waals surface area contributed by atoms with Gasteiger partial charge in [0.2, 0.25) is 0 Å². The number of hydrogen-bond donors (Lipinski definition) is 0. The van der Waals surface area contributed by atoms with Gasteiger partial charge in [0.25, 0.3) is 0 Å². The minimum atomic E-state index is -0.391. The van der Waals surface area contributed by atoms with Crippen LogP contribution in [0.4, 0.5) is 0 Å². The molecule has 1 spiro atoms. The van der Waals surface area contributed by atoms with Crippen molar-refractivity contribution in [1.82, 2.24) is 4.90 Å². The molecule has 0 amide bonds. The SMILES string of the molecule is CN1CCCC2(C=C(C#N)C(=O)C(C)(C)C2)C1. The predicted octanol–water partition coefficient (Wildman–Crippen LogP) is 2.15. The summed E-state index contributed by atoms with van der Waals surface area (Å²) in [6.45, 7) is 6.02. The first-order chi connectivity index (χ1) is 7.88. The molecule has 1 aliphatic heterocycles. The van der Waals surface area contributed by atoms with Gasteiger partial charge in [-0.15, -0.1) is 0 Å². The van der Waals surface area contributed by atoms with E-state index >= 15 is 0 Å². The predicted molar refractivity (Wildman–Crippen MR) is 66.3 cm³/mol. The van der Waals surface area contributed by atoms with Gasteiger partial charge < -0.3 is 4.90 Å². The Labute approximate surface area is 103 Å². The molecule has 0 aromatic carbocycles. The Morgan fingerprint density at radius 3 is 2.76 bits per heavy atom. The lowest BCUT2D eigenvalue weighted by Crippen LogP contribution is -2.47. The molecule has 1 aliphatic carbocycles. The summed E-state index contributed by atoms with van der Waals surface area (Å²) in [5, 5.41) is 9.12. The van der Waals surface area contributed by atoms with Crippen molar-refractivity contribution in [2.75, 3.05) is 20.1 Å². The molecule has 2 aliphatic rings. The van der Waals surface area contributed by atoms with E-state index in [-0.39, 0.29) is 11.2 Å². The molecule has 1 fully saturated rings. The summed E-state index contributed by atoms with van der Waals surface area (Å²) >= 11 is 0. The zero-order valence-corrected chi connectivity index (χ0v) is 10.9. The van der Waals surface area contributed by atoms with Crippen molar-refractivity contribution in [3.63, 3.8) is 0 Å². The zero-order chi connectivity index (χ0) is 12.7. The number of ketones is 1. The van der Waals surface area contributed by atoms with Crippen LogP contribution in [0.25, 0.3) is 0 Å². The van der Waals surface area contributed by atoms with Crippen LogP contribution in [0.15, 0.2) is 11.6 Å². The summed E-state index contributed by atoms with van der Waals surface area (Å²) in [6.07, 6.45) is 5.07. The van der Waals surface area contributed by atoms with Crippen LogP contribution in [-0.2, 0) is 4.79 Å². The maximum Gasteiger partial charge on any atom is 0.178 e. The van der Waals surface area contributed by atoms with Gasteiger partial charge >= 0.3 is 0 Å². The van der Waals surface area contributed by atoms with Crippen LogP contribution >= 0.6 is 0 Å². The lowest BCUT2D eigenvalue weighted by atomic mass is 9.62. The van der Waals surface area contributed by atoms with Crippen molar-refractivity contribution in [3.8, 4) is 6.07 Å². The molecular formula is C14H20N2O. The molecule has 1 atom stereocenters. The third-order valence-corrected chi connectivity index (χ3v) is 4.02. The van der Waals surface area contributed by atoms with E-state index in [1.54, 1.807) is 0 Å². The Balaban J connectivity index is 2.40. The Morgan fingerprint density at radius 1 is 1.47 bits per heavy atom. The first-order valence-electron chi connectivity index (χ1n) is 6.25. The average Bonchev–Trinajstić information content (AvgIpc) is 2.23.